The maximum Gasteiger partial charge on any atom is 0.303 e. The molecule has 2 rings (SSSR count). The monoisotopic (exact) mass is 309 g/mol. The van der Waals surface area contributed by atoms with Gasteiger partial charge in [0, 0.05) is 44.9 Å². The van der Waals surface area contributed by atoms with Crippen LogP contribution in [0, 0.1) is 0 Å². The first-order chi connectivity index (χ1) is 10.5. The number of carbonyl (C=O) groups excluding carboxylic acids is 1. The summed E-state index contributed by atoms with van der Waals surface area (Å²) in [6.45, 7) is 0.656. The van der Waals surface area contributed by atoms with Crippen molar-refractivity contribution in [2.45, 2.75) is 44.2 Å². The Labute approximate surface area is 129 Å². The average molecular weight is 309 g/mol. The number of aryl methyl sites for hydroxylation is 1. The van der Waals surface area contributed by atoms with Crippen molar-refractivity contribution in [3.8, 4) is 0 Å². The lowest BCUT2D eigenvalue weighted by molar-refractivity contribution is -0.147. The first kappa shape index (κ1) is 16.5. The van der Waals surface area contributed by atoms with Crippen LogP contribution in [-0.4, -0.2) is 51.4 Å². The molecule has 7 nitrogen and oxygen atoms in total. The molecule has 1 N–H and O–H groups in total. The minimum absolute atomic E-state index is 0.0216. The van der Waals surface area contributed by atoms with Gasteiger partial charge in [0.25, 0.3) is 5.91 Å². The molecule has 0 radical (unpaired) electrons. The topological polar surface area (TPSA) is 84.7 Å². The smallest absolute Gasteiger partial charge is 0.303 e. The first-order valence-corrected chi connectivity index (χ1v) is 7.56. The highest BCUT2D eigenvalue weighted by molar-refractivity contribution is 5.82. The average Bonchev–Trinajstić information content (AvgIpc) is 2.92. The number of aromatic nitrogens is 2. The summed E-state index contributed by atoms with van der Waals surface area (Å²) in [7, 11) is 3.29. The molecule has 2 unspecified atom stereocenters. The van der Waals surface area contributed by atoms with E-state index in [9.17, 15) is 9.59 Å². The predicted molar refractivity (Wildman–Crippen MR) is 79.2 cm³/mol. The molecule has 0 aromatic carbocycles. The van der Waals surface area contributed by atoms with Crippen LogP contribution < -0.4 is 0 Å². The maximum absolute atomic E-state index is 12.8. The summed E-state index contributed by atoms with van der Waals surface area (Å²) < 4.78 is 7.01. The van der Waals surface area contributed by atoms with Crippen LogP contribution >= 0.6 is 0 Å². The summed E-state index contributed by atoms with van der Waals surface area (Å²) in [5.74, 6) is -0.931. The minimum Gasteiger partial charge on any atom is -0.481 e. The lowest BCUT2D eigenvalue weighted by Gasteiger charge is -2.37. The molecule has 1 aliphatic heterocycles. The Bertz CT molecular complexity index is 529. The van der Waals surface area contributed by atoms with Crippen molar-refractivity contribution in [2.75, 3.05) is 13.7 Å². The molecule has 0 aliphatic carbocycles. The third kappa shape index (κ3) is 3.85. The van der Waals surface area contributed by atoms with Gasteiger partial charge in [0.15, 0.2) is 6.10 Å². The third-order valence-electron chi connectivity index (χ3n) is 4.09. The van der Waals surface area contributed by atoms with Gasteiger partial charge in [0.05, 0.1) is 6.20 Å². The quantitative estimate of drug-likeness (QED) is 0.857. The number of methoxy groups -OCH3 is 1. The van der Waals surface area contributed by atoms with E-state index in [4.69, 9.17) is 9.84 Å². The second-order valence-corrected chi connectivity index (χ2v) is 5.68. The van der Waals surface area contributed by atoms with Crippen molar-refractivity contribution in [2.24, 2.45) is 7.05 Å². The number of ether oxygens (including phenoxy) is 1. The standard InChI is InChI=1S/C15H23N3O4/c1-17-10-11(9-16-17)14(22-2)15(21)18-8-4-3-5-12(18)6-7-13(19)20/h9-10,12,14H,3-8H2,1-2H3,(H,19,20). The van der Waals surface area contributed by atoms with Crippen LogP contribution in [-0.2, 0) is 21.4 Å². The lowest BCUT2D eigenvalue weighted by atomic mass is 9.96. The molecule has 1 aromatic rings. The largest absolute Gasteiger partial charge is 0.481 e. The van der Waals surface area contributed by atoms with Crippen molar-refractivity contribution < 1.29 is 19.4 Å². The van der Waals surface area contributed by atoms with E-state index in [1.807, 2.05) is 0 Å². The number of hydrogen-bond acceptors (Lipinski definition) is 4. The zero-order valence-corrected chi connectivity index (χ0v) is 13.1. The van der Waals surface area contributed by atoms with Gasteiger partial charge in [-0.15, -0.1) is 0 Å². The number of carbonyl (C=O) groups is 2. The molecule has 0 spiro atoms. The van der Waals surface area contributed by atoms with Crippen molar-refractivity contribution in [1.29, 1.82) is 0 Å². The summed E-state index contributed by atoms with van der Waals surface area (Å²) in [6, 6.07) is -0.0216. The van der Waals surface area contributed by atoms with Crippen LogP contribution in [0.2, 0.25) is 0 Å². The van der Waals surface area contributed by atoms with E-state index < -0.39 is 12.1 Å². The second kappa shape index (κ2) is 7.40. The normalized spacial score (nSPS) is 19.9. The van der Waals surface area contributed by atoms with Gasteiger partial charge in [0.1, 0.15) is 0 Å². The predicted octanol–water partition coefficient (Wildman–Crippen LogP) is 1.35. The molecule has 1 aliphatic rings. The van der Waals surface area contributed by atoms with Crippen LogP contribution in [0.25, 0.3) is 0 Å². The molecule has 1 fully saturated rings. The van der Waals surface area contributed by atoms with Crippen molar-refractivity contribution in [3.63, 3.8) is 0 Å². The van der Waals surface area contributed by atoms with Crippen LogP contribution in [0.4, 0.5) is 0 Å². The lowest BCUT2D eigenvalue weighted by Crippen LogP contribution is -2.46. The molecule has 22 heavy (non-hydrogen) atoms. The molecule has 1 aromatic heterocycles. The fourth-order valence-electron chi connectivity index (χ4n) is 2.99. The van der Waals surface area contributed by atoms with E-state index in [0.29, 0.717) is 13.0 Å². The highest BCUT2D eigenvalue weighted by Gasteiger charge is 2.33. The summed E-state index contributed by atoms with van der Waals surface area (Å²) in [4.78, 5) is 25.4. The third-order valence-corrected chi connectivity index (χ3v) is 4.09. The summed E-state index contributed by atoms with van der Waals surface area (Å²) in [5.41, 5.74) is 0.720. The number of hydrogen-bond donors (Lipinski definition) is 1. The fourth-order valence-corrected chi connectivity index (χ4v) is 2.99. The zero-order valence-electron chi connectivity index (χ0n) is 13.1. The van der Waals surface area contributed by atoms with Crippen molar-refractivity contribution in [1.82, 2.24) is 14.7 Å². The van der Waals surface area contributed by atoms with E-state index in [0.717, 1.165) is 24.8 Å². The molecular weight excluding hydrogens is 286 g/mol. The molecule has 2 atom stereocenters. The number of carboxylic acids is 1. The molecule has 7 heteroatoms. The number of piperidine rings is 1. The van der Waals surface area contributed by atoms with Crippen molar-refractivity contribution >= 4 is 11.9 Å². The minimum atomic E-state index is -0.825. The molecule has 1 amide bonds. The summed E-state index contributed by atoms with van der Waals surface area (Å²) in [6.07, 6.45) is 6.10. The zero-order chi connectivity index (χ0) is 16.1. The Morgan fingerprint density at radius 1 is 1.50 bits per heavy atom. The molecular formula is C15H23N3O4. The van der Waals surface area contributed by atoms with Gasteiger partial charge in [0.2, 0.25) is 0 Å². The van der Waals surface area contributed by atoms with Gasteiger partial charge in [-0.1, -0.05) is 0 Å². The molecule has 2 heterocycles. The molecule has 0 saturated carbocycles. The molecule has 122 valence electrons. The van der Waals surface area contributed by atoms with Crippen LogP contribution in [0.5, 0.6) is 0 Å². The fraction of sp³-hybridized carbons (Fsp3) is 0.667. The van der Waals surface area contributed by atoms with E-state index in [1.54, 1.807) is 29.0 Å². The number of nitrogens with zero attached hydrogens (tertiary/aromatic N) is 3. The highest BCUT2D eigenvalue weighted by Crippen LogP contribution is 2.26. The van der Waals surface area contributed by atoms with Gasteiger partial charge in [-0.2, -0.15) is 5.10 Å². The molecule has 0 bridgehead atoms. The van der Waals surface area contributed by atoms with Gasteiger partial charge < -0.3 is 14.7 Å². The number of amides is 1. The summed E-state index contributed by atoms with van der Waals surface area (Å²) in [5, 5.41) is 12.9. The Balaban J connectivity index is 2.11. The van der Waals surface area contributed by atoms with Crippen LogP contribution in [0.3, 0.4) is 0 Å². The SMILES string of the molecule is COC(C(=O)N1CCCCC1CCC(=O)O)c1cnn(C)c1. The highest BCUT2D eigenvalue weighted by atomic mass is 16.5. The van der Waals surface area contributed by atoms with Gasteiger partial charge in [-0.05, 0) is 25.7 Å². The first-order valence-electron chi connectivity index (χ1n) is 7.56. The number of rotatable bonds is 6. The Hall–Kier alpha value is -1.89. The Morgan fingerprint density at radius 2 is 2.27 bits per heavy atom. The second-order valence-electron chi connectivity index (χ2n) is 5.68. The number of likely N-dealkylation sites (tertiary alicyclic amines) is 1. The van der Waals surface area contributed by atoms with E-state index in [1.165, 1.54) is 7.11 Å². The van der Waals surface area contributed by atoms with Crippen molar-refractivity contribution in [3.05, 3.63) is 18.0 Å². The molecule has 1 saturated heterocycles. The number of aliphatic carboxylic acids is 1. The van der Waals surface area contributed by atoms with E-state index >= 15 is 0 Å². The summed E-state index contributed by atoms with van der Waals surface area (Å²) >= 11 is 0. The van der Waals surface area contributed by atoms with Crippen LogP contribution in [0.15, 0.2) is 12.4 Å². The Morgan fingerprint density at radius 3 is 2.86 bits per heavy atom. The number of carboxylic acid groups (broad SMARTS) is 1. The van der Waals surface area contributed by atoms with E-state index in [-0.39, 0.29) is 18.4 Å². The van der Waals surface area contributed by atoms with E-state index in [2.05, 4.69) is 5.10 Å². The van der Waals surface area contributed by atoms with Crippen LogP contribution in [0.1, 0.15) is 43.8 Å². The van der Waals surface area contributed by atoms with Gasteiger partial charge >= 0.3 is 5.97 Å². The Kier molecular flexibility index (Phi) is 5.54. The van der Waals surface area contributed by atoms with Gasteiger partial charge in [-0.25, -0.2) is 0 Å². The van der Waals surface area contributed by atoms with Gasteiger partial charge in [-0.3, -0.25) is 14.3 Å². The maximum atomic E-state index is 12.8.